The Bertz CT molecular complexity index is 543. The molecule has 1 aromatic rings. The van der Waals surface area contributed by atoms with E-state index in [1.165, 1.54) is 57.1 Å². The van der Waals surface area contributed by atoms with Crippen LogP contribution in [-0.4, -0.2) is 27.9 Å². The van der Waals surface area contributed by atoms with Crippen molar-refractivity contribution in [3.8, 4) is 0 Å². The van der Waals surface area contributed by atoms with Gasteiger partial charge in [0.2, 0.25) is 0 Å². The Morgan fingerprint density at radius 1 is 0.852 bits per heavy atom. The molecule has 1 rings (SSSR count). The number of esters is 1. The minimum absolute atomic E-state index is 0.0993. The van der Waals surface area contributed by atoms with Crippen LogP contribution in [0, 0.1) is 0 Å². The van der Waals surface area contributed by atoms with Gasteiger partial charge in [-0.25, -0.2) is 9.59 Å². The molecule has 5 heteroatoms. The standard InChI is InChI=1S/C22H34O5/c1-2-3-4-5-6-7-8-9-10-11-15-18-22(26,21(24)25)27-20(23)19-16-13-12-14-17-19/h12-14,16-17,26H,2-11,15,18H2,1H3,(H,24,25). The fourth-order valence-corrected chi connectivity index (χ4v) is 3.02. The van der Waals surface area contributed by atoms with Crippen molar-refractivity contribution in [1.82, 2.24) is 0 Å². The van der Waals surface area contributed by atoms with Crippen LogP contribution in [0.5, 0.6) is 0 Å². The molecule has 0 aliphatic heterocycles. The van der Waals surface area contributed by atoms with Crippen molar-refractivity contribution in [2.24, 2.45) is 0 Å². The monoisotopic (exact) mass is 378 g/mol. The summed E-state index contributed by atoms with van der Waals surface area (Å²) in [5, 5.41) is 19.5. The molecule has 5 nitrogen and oxygen atoms in total. The van der Waals surface area contributed by atoms with Crippen LogP contribution in [0.2, 0.25) is 0 Å². The number of rotatable bonds is 15. The Balaban J connectivity index is 2.23. The van der Waals surface area contributed by atoms with Crippen LogP contribution >= 0.6 is 0 Å². The summed E-state index contributed by atoms with van der Waals surface area (Å²) in [7, 11) is 0. The van der Waals surface area contributed by atoms with Gasteiger partial charge in [-0.1, -0.05) is 89.3 Å². The summed E-state index contributed by atoms with van der Waals surface area (Å²) >= 11 is 0. The lowest BCUT2D eigenvalue weighted by Gasteiger charge is -2.23. The average molecular weight is 379 g/mol. The third kappa shape index (κ3) is 9.57. The van der Waals surface area contributed by atoms with E-state index in [9.17, 15) is 19.8 Å². The van der Waals surface area contributed by atoms with Crippen LogP contribution in [-0.2, 0) is 9.53 Å². The number of carbonyl (C=O) groups excluding carboxylic acids is 1. The van der Waals surface area contributed by atoms with Gasteiger partial charge in [-0.05, 0) is 18.6 Å². The topological polar surface area (TPSA) is 83.8 Å². The lowest BCUT2D eigenvalue weighted by molar-refractivity contribution is -0.206. The molecule has 27 heavy (non-hydrogen) atoms. The van der Waals surface area contributed by atoms with Gasteiger partial charge in [0.25, 0.3) is 0 Å². The minimum atomic E-state index is -2.47. The van der Waals surface area contributed by atoms with E-state index in [1.54, 1.807) is 18.2 Å². The SMILES string of the molecule is CCCCCCCCCCCCCC(O)(OC(=O)c1ccccc1)C(=O)O. The van der Waals surface area contributed by atoms with Gasteiger partial charge in [-0.3, -0.25) is 0 Å². The predicted molar refractivity (Wildman–Crippen MR) is 106 cm³/mol. The number of carboxylic acid groups (broad SMARTS) is 1. The summed E-state index contributed by atoms with van der Waals surface area (Å²) in [6, 6.07) is 8.09. The molecule has 0 aliphatic carbocycles. The van der Waals surface area contributed by atoms with Crippen LogP contribution in [0.15, 0.2) is 30.3 Å². The largest absolute Gasteiger partial charge is 0.476 e. The molecule has 1 aromatic carbocycles. The number of aliphatic hydroxyl groups is 1. The zero-order chi connectivity index (χ0) is 20.0. The molecule has 1 atom stereocenters. The van der Waals surface area contributed by atoms with Crippen LogP contribution in [0.1, 0.15) is 94.3 Å². The second kappa shape index (κ2) is 13.3. The summed E-state index contributed by atoms with van der Waals surface area (Å²) in [6.45, 7) is 2.22. The van der Waals surface area contributed by atoms with E-state index in [0.29, 0.717) is 6.42 Å². The molecule has 0 heterocycles. The molecule has 0 fully saturated rings. The molecule has 0 spiro atoms. The summed E-state index contributed by atoms with van der Waals surface area (Å²) in [6.07, 6.45) is 12.3. The lowest BCUT2D eigenvalue weighted by Crippen LogP contribution is -2.43. The molecule has 0 radical (unpaired) electrons. The number of aliphatic carboxylic acids is 1. The maximum atomic E-state index is 12.0. The van der Waals surface area contributed by atoms with Crippen molar-refractivity contribution in [2.45, 2.75) is 89.8 Å². The van der Waals surface area contributed by atoms with E-state index in [-0.39, 0.29) is 12.0 Å². The molecule has 2 N–H and O–H groups in total. The second-order valence-corrected chi connectivity index (χ2v) is 7.13. The van der Waals surface area contributed by atoms with Crippen molar-refractivity contribution in [1.29, 1.82) is 0 Å². The first-order chi connectivity index (χ1) is 13.0. The highest BCUT2D eigenvalue weighted by molar-refractivity contribution is 5.91. The Morgan fingerprint density at radius 2 is 1.33 bits per heavy atom. The van der Waals surface area contributed by atoms with Crippen molar-refractivity contribution in [3.05, 3.63) is 35.9 Å². The smallest absolute Gasteiger partial charge is 0.377 e. The first-order valence-corrected chi connectivity index (χ1v) is 10.2. The lowest BCUT2D eigenvalue weighted by atomic mass is 10.0. The Hall–Kier alpha value is -1.88. The third-order valence-corrected chi connectivity index (χ3v) is 4.72. The molecule has 0 amide bonds. The van der Waals surface area contributed by atoms with Gasteiger partial charge < -0.3 is 14.9 Å². The van der Waals surface area contributed by atoms with Gasteiger partial charge in [0.1, 0.15) is 0 Å². The number of carboxylic acids is 1. The van der Waals surface area contributed by atoms with Gasteiger partial charge in [-0.2, -0.15) is 0 Å². The first kappa shape index (κ1) is 23.2. The van der Waals surface area contributed by atoms with E-state index < -0.39 is 17.7 Å². The van der Waals surface area contributed by atoms with E-state index in [0.717, 1.165) is 19.3 Å². The number of ether oxygens (including phenoxy) is 1. The van der Waals surface area contributed by atoms with E-state index >= 15 is 0 Å². The number of unbranched alkanes of at least 4 members (excludes halogenated alkanes) is 10. The van der Waals surface area contributed by atoms with Crippen LogP contribution in [0.4, 0.5) is 0 Å². The maximum absolute atomic E-state index is 12.0. The van der Waals surface area contributed by atoms with Crippen LogP contribution in [0.3, 0.4) is 0 Å². The molecular weight excluding hydrogens is 344 g/mol. The van der Waals surface area contributed by atoms with Crippen molar-refractivity contribution < 1.29 is 24.5 Å². The molecule has 152 valence electrons. The van der Waals surface area contributed by atoms with E-state index in [1.807, 2.05) is 0 Å². The molecule has 0 saturated heterocycles. The molecule has 0 bridgehead atoms. The van der Waals surface area contributed by atoms with Crippen molar-refractivity contribution >= 4 is 11.9 Å². The van der Waals surface area contributed by atoms with Crippen molar-refractivity contribution in [2.75, 3.05) is 0 Å². The van der Waals surface area contributed by atoms with Crippen LogP contribution in [0.25, 0.3) is 0 Å². The maximum Gasteiger partial charge on any atom is 0.377 e. The predicted octanol–water partition coefficient (Wildman–Crippen LogP) is 5.32. The summed E-state index contributed by atoms with van der Waals surface area (Å²) < 4.78 is 4.89. The van der Waals surface area contributed by atoms with Gasteiger partial charge in [-0.15, -0.1) is 0 Å². The van der Waals surface area contributed by atoms with Crippen molar-refractivity contribution in [3.63, 3.8) is 0 Å². The minimum Gasteiger partial charge on any atom is -0.476 e. The van der Waals surface area contributed by atoms with Gasteiger partial charge in [0.15, 0.2) is 0 Å². The highest BCUT2D eigenvalue weighted by Crippen LogP contribution is 2.21. The number of carbonyl (C=O) groups is 2. The van der Waals surface area contributed by atoms with Crippen LogP contribution < -0.4 is 0 Å². The van der Waals surface area contributed by atoms with Gasteiger partial charge in [0.05, 0.1) is 5.56 Å². The Labute approximate surface area is 162 Å². The van der Waals surface area contributed by atoms with E-state index in [2.05, 4.69) is 6.92 Å². The highest BCUT2D eigenvalue weighted by atomic mass is 16.7. The number of benzene rings is 1. The first-order valence-electron chi connectivity index (χ1n) is 10.2. The molecule has 1 unspecified atom stereocenters. The molecule has 0 aromatic heterocycles. The molecule has 0 aliphatic rings. The second-order valence-electron chi connectivity index (χ2n) is 7.13. The number of hydrogen-bond acceptors (Lipinski definition) is 4. The summed E-state index contributed by atoms with van der Waals surface area (Å²) in [5.74, 6) is -4.82. The number of hydrogen-bond donors (Lipinski definition) is 2. The Kier molecular flexibility index (Phi) is 11.4. The van der Waals surface area contributed by atoms with Gasteiger partial charge in [0, 0.05) is 6.42 Å². The van der Waals surface area contributed by atoms with Gasteiger partial charge >= 0.3 is 17.7 Å². The van der Waals surface area contributed by atoms with E-state index in [4.69, 9.17) is 4.74 Å². The average Bonchev–Trinajstić information content (AvgIpc) is 2.66. The zero-order valence-electron chi connectivity index (χ0n) is 16.5. The fraction of sp³-hybridized carbons (Fsp3) is 0.636. The fourth-order valence-electron chi connectivity index (χ4n) is 3.02. The summed E-state index contributed by atoms with van der Waals surface area (Å²) in [4.78, 5) is 23.4. The molecule has 0 saturated carbocycles. The molecular formula is C22H34O5. The normalized spacial score (nSPS) is 13.1. The Morgan fingerprint density at radius 3 is 1.81 bits per heavy atom. The quantitative estimate of drug-likeness (QED) is 0.245. The summed E-state index contributed by atoms with van der Waals surface area (Å²) in [5.41, 5.74) is 0.219. The zero-order valence-corrected chi connectivity index (χ0v) is 16.5. The highest BCUT2D eigenvalue weighted by Gasteiger charge is 2.40. The third-order valence-electron chi connectivity index (χ3n) is 4.72.